The second-order valence-corrected chi connectivity index (χ2v) is 10.9. The van der Waals surface area contributed by atoms with Gasteiger partial charge in [0.2, 0.25) is 0 Å². The van der Waals surface area contributed by atoms with Crippen LogP contribution < -0.4 is 0 Å². The van der Waals surface area contributed by atoms with Crippen LogP contribution in [0.1, 0.15) is 142 Å². The zero-order chi connectivity index (χ0) is 30.8. The number of rotatable bonds is 29. The Morgan fingerprint density at radius 3 is 1.36 bits per heavy atom. The molecule has 0 aromatic rings. The molecule has 0 fully saturated rings. The van der Waals surface area contributed by atoms with Crippen molar-refractivity contribution in [3.05, 3.63) is 60.8 Å². The summed E-state index contributed by atoms with van der Waals surface area (Å²) in [5.41, 5.74) is 0. The largest absolute Gasteiger partial charge is 0.463 e. The van der Waals surface area contributed by atoms with Crippen molar-refractivity contribution < 1.29 is 24.2 Å². The molecule has 0 unspecified atom stereocenters. The van der Waals surface area contributed by atoms with Crippen LogP contribution in [-0.2, 0) is 19.1 Å². The lowest BCUT2D eigenvalue weighted by molar-refractivity contribution is -0.152. The number of carbonyl (C=O) groups excluding carboxylic acids is 2. The van der Waals surface area contributed by atoms with Crippen LogP contribution >= 0.6 is 0 Å². The van der Waals surface area contributed by atoms with Crippen LogP contribution in [0.5, 0.6) is 0 Å². The highest BCUT2D eigenvalue weighted by atomic mass is 16.6. The second-order valence-electron chi connectivity index (χ2n) is 10.9. The van der Waals surface area contributed by atoms with Gasteiger partial charge in [0.1, 0.15) is 19.3 Å². The third kappa shape index (κ3) is 32.1. The summed E-state index contributed by atoms with van der Waals surface area (Å²) in [7, 11) is 0. The fourth-order valence-electron chi connectivity index (χ4n) is 4.24. The second kappa shape index (κ2) is 33.1. The zero-order valence-corrected chi connectivity index (χ0v) is 27.0. The summed E-state index contributed by atoms with van der Waals surface area (Å²) in [5, 5.41) is 9.95. The number of unbranched alkanes of at least 4 members (excludes halogenated alkanes) is 11. The normalized spacial score (nSPS) is 12.9. The summed E-state index contributed by atoms with van der Waals surface area (Å²) < 4.78 is 10.2. The lowest BCUT2D eigenvalue weighted by Gasteiger charge is -2.12. The Morgan fingerprint density at radius 2 is 0.905 bits per heavy atom. The molecule has 0 aromatic heterocycles. The molecule has 0 bridgehead atoms. The molecule has 5 heteroatoms. The maximum atomic E-state index is 11.9. The van der Waals surface area contributed by atoms with Crippen LogP contribution in [0.4, 0.5) is 0 Å². The van der Waals surface area contributed by atoms with Gasteiger partial charge in [-0.05, 0) is 51.4 Å². The molecule has 1 N–H and O–H groups in total. The number of allylic oxidation sites excluding steroid dienone is 10. The van der Waals surface area contributed by atoms with Crippen LogP contribution in [0.15, 0.2) is 60.8 Å². The molecular weight excluding hydrogens is 524 g/mol. The summed E-state index contributed by atoms with van der Waals surface area (Å²) in [4.78, 5) is 23.8. The maximum Gasteiger partial charge on any atom is 0.305 e. The van der Waals surface area contributed by atoms with E-state index in [1.165, 1.54) is 51.4 Å². The van der Waals surface area contributed by atoms with Crippen molar-refractivity contribution in [1.29, 1.82) is 0 Å². The Balaban J connectivity index is 3.59. The molecule has 0 amide bonds. The van der Waals surface area contributed by atoms with E-state index in [0.29, 0.717) is 19.3 Å². The first kappa shape index (κ1) is 39.6. The van der Waals surface area contributed by atoms with E-state index in [1.807, 2.05) is 0 Å². The summed E-state index contributed by atoms with van der Waals surface area (Å²) in [5.74, 6) is -0.637. The van der Waals surface area contributed by atoms with E-state index in [0.717, 1.165) is 57.8 Å². The third-order valence-corrected chi connectivity index (χ3v) is 6.77. The smallest absolute Gasteiger partial charge is 0.305 e. The van der Waals surface area contributed by atoms with Gasteiger partial charge in [-0.2, -0.15) is 0 Å². The van der Waals surface area contributed by atoms with Crippen LogP contribution in [-0.4, -0.2) is 36.4 Å². The van der Waals surface area contributed by atoms with Crippen molar-refractivity contribution in [2.75, 3.05) is 13.2 Å². The molecule has 0 aromatic carbocycles. The molecule has 0 aliphatic rings. The van der Waals surface area contributed by atoms with Gasteiger partial charge in [-0.3, -0.25) is 9.59 Å². The van der Waals surface area contributed by atoms with Gasteiger partial charge in [-0.15, -0.1) is 0 Å². The summed E-state index contributed by atoms with van der Waals surface area (Å²) in [6, 6.07) is 0. The summed E-state index contributed by atoms with van der Waals surface area (Å²) in [6.07, 6.45) is 41.3. The van der Waals surface area contributed by atoms with Crippen molar-refractivity contribution in [3.63, 3.8) is 0 Å². The molecule has 0 radical (unpaired) electrons. The van der Waals surface area contributed by atoms with Gasteiger partial charge in [-0.1, -0.05) is 139 Å². The molecule has 5 nitrogen and oxygen atoms in total. The summed E-state index contributed by atoms with van der Waals surface area (Å²) >= 11 is 0. The molecular formula is C37H62O5. The number of carbonyl (C=O) groups is 2. The van der Waals surface area contributed by atoms with E-state index >= 15 is 0 Å². The van der Waals surface area contributed by atoms with Gasteiger partial charge in [0.15, 0.2) is 0 Å². The molecule has 0 saturated heterocycles. The van der Waals surface area contributed by atoms with E-state index in [9.17, 15) is 14.7 Å². The van der Waals surface area contributed by atoms with Crippen molar-refractivity contribution in [2.45, 2.75) is 148 Å². The molecule has 0 heterocycles. The Morgan fingerprint density at radius 1 is 0.524 bits per heavy atom. The van der Waals surface area contributed by atoms with Crippen LogP contribution in [0, 0.1) is 0 Å². The monoisotopic (exact) mass is 586 g/mol. The minimum atomic E-state index is -0.985. The van der Waals surface area contributed by atoms with Crippen molar-refractivity contribution in [2.24, 2.45) is 0 Å². The van der Waals surface area contributed by atoms with E-state index in [-0.39, 0.29) is 25.2 Å². The van der Waals surface area contributed by atoms with Crippen LogP contribution in [0.3, 0.4) is 0 Å². The minimum Gasteiger partial charge on any atom is -0.463 e. The average molecular weight is 587 g/mol. The highest BCUT2D eigenvalue weighted by molar-refractivity contribution is 5.69. The molecule has 240 valence electrons. The van der Waals surface area contributed by atoms with E-state index in [1.54, 1.807) is 0 Å². The number of ether oxygens (including phenoxy) is 2. The molecule has 0 aliphatic carbocycles. The maximum absolute atomic E-state index is 11.9. The number of aliphatic hydroxyl groups excluding tert-OH is 1. The standard InChI is InChI=1S/C37H62O5/c1-3-5-7-9-11-13-15-16-17-18-19-20-22-24-26-28-30-32-37(40)42-34-35(38)33-41-36(39)31-29-27-25-23-21-14-12-10-8-6-4-2/h5,7,11,13,16-17,19-20,24,26,35,38H,3-4,6,8-10,12,14-15,18,21-23,25,27-34H2,1-2H3/b7-5-,13-11-,17-16-,20-19-,26-24-/t35-/m1/s1. The van der Waals surface area contributed by atoms with Gasteiger partial charge >= 0.3 is 11.9 Å². The number of hydrogen-bond acceptors (Lipinski definition) is 5. The van der Waals surface area contributed by atoms with Gasteiger partial charge in [0.05, 0.1) is 0 Å². The highest BCUT2D eigenvalue weighted by Crippen LogP contribution is 2.12. The topological polar surface area (TPSA) is 72.8 Å². The Labute approximate surface area is 258 Å². The average Bonchev–Trinajstić information content (AvgIpc) is 2.99. The van der Waals surface area contributed by atoms with Gasteiger partial charge in [0, 0.05) is 12.8 Å². The first-order valence-electron chi connectivity index (χ1n) is 16.8. The lowest BCUT2D eigenvalue weighted by Crippen LogP contribution is -2.25. The predicted octanol–water partition coefficient (Wildman–Crippen LogP) is 10.1. The molecule has 1 atom stereocenters. The summed E-state index contributed by atoms with van der Waals surface area (Å²) in [6.45, 7) is 4.10. The molecule has 0 saturated carbocycles. The minimum absolute atomic E-state index is 0.135. The van der Waals surface area contributed by atoms with E-state index < -0.39 is 6.10 Å². The van der Waals surface area contributed by atoms with Gasteiger partial charge in [0.25, 0.3) is 0 Å². The first-order valence-corrected chi connectivity index (χ1v) is 16.8. The van der Waals surface area contributed by atoms with Gasteiger partial charge < -0.3 is 14.6 Å². The Bertz CT molecular complexity index is 762. The lowest BCUT2D eigenvalue weighted by atomic mass is 10.1. The fraction of sp³-hybridized carbons (Fsp3) is 0.676. The predicted molar refractivity (Wildman–Crippen MR) is 177 cm³/mol. The quantitative estimate of drug-likeness (QED) is 0.0536. The highest BCUT2D eigenvalue weighted by Gasteiger charge is 2.11. The number of aliphatic hydroxyl groups is 1. The van der Waals surface area contributed by atoms with E-state index in [2.05, 4.69) is 74.6 Å². The fourth-order valence-corrected chi connectivity index (χ4v) is 4.24. The van der Waals surface area contributed by atoms with Crippen molar-refractivity contribution in [3.8, 4) is 0 Å². The van der Waals surface area contributed by atoms with Gasteiger partial charge in [-0.25, -0.2) is 0 Å². The van der Waals surface area contributed by atoms with Crippen LogP contribution in [0.25, 0.3) is 0 Å². The number of esters is 2. The Kier molecular flexibility index (Phi) is 31.2. The van der Waals surface area contributed by atoms with E-state index in [4.69, 9.17) is 9.47 Å². The van der Waals surface area contributed by atoms with Crippen molar-refractivity contribution >= 4 is 11.9 Å². The number of hydrogen-bond donors (Lipinski definition) is 1. The van der Waals surface area contributed by atoms with Crippen LogP contribution in [0.2, 0.25) is 0 Å². The third-order valence-electron chi connectivity index (χ3n) is 6.77. The first-order chi connectivity index (χ1) is 20.6. The molecule has 0 spiro atoms. The SMILES string of the molecule is CC/C=C\C/C=C\C/C=C\C/C=C\C/C=C\CCCC(=O)OC[C@H](O)COC(=O)CCCCCCCCCCCCC. The molecule has 0 rings (SSSR count). The van der Waals surface area contributed by atoms with Crippen molar-refractivity contribution in [1.82, 2.24) is 0 Å². The zero-order valence-electron chi connectivity index (χ0n) is 27.0. The molecule has 42 heavy (non-hydrogen) atoms. The Hall–Kier alpha value is -2.40. The molecule has 0 aliphatic heterocycles.